The highest BCUT2D eigenvalue weighted by atomic mass is 32.2. The summed E-state index contributed by atoms with van der Waals surface area (Å²) >= 11 is 6.54. The van der Waals surface area contributed by atoms with Gasteiger partial charge in [0, 0.05) is 18.0 Å². The Morgan fingerprint density at radius 3 is 2.90 bits per heavy atom. The molecule has 1 amide bonds. The van der Waals surface area contributed by atoms with Crippen molar-refractivity contribution in [3.05, 3.63) is 10.6 Å². The molecule has 0 radical (unpaired) electrons. The summed E-state index contributed by atoms with van der Waals surface area (Å²) in [5, 5.41) is 15.9. The van der Waals surface area contributed by atoms with Crippen LogP contribution in [-0.4, -0.2) is 45.5 Å². The molecule has 1 atom stereocenters. The second-order valence-corrected chi connectivity index (χ2v) is 6.19. The van der Waals surface area contributed by atoms with Crippen molar-refractivity contribution in [1.82, 2.24) is 15.5 Å². The van der Waals surface area contributed by atoms with Crippen LogP contribution in [0.1, 0.15) is 26.2 Å². The molecule has 20 heavy (non-hydrogen) atoms. The Hall–Kier alpha value is -1.28. The lowest BCUT2D eigenvalue weighted by Crippen LogP contribution is -2.48. The zero-order valence-corrected chi connectivity index (χ0v) is 12.8. The van der Waals surface area contributed by atoms with Gasteiger partial charge in [0.25, 0.3) is 0 Å². The van der Waals surface area contributed by atoms with E-state index >= 15 is 0 Å². The Kier molecular flexibility index (Phi) is 4.87. The Balaban J connectivity index is 1.85. The highest BCUT2D eigenvalue weighted by Gasteiger charge is 2.47. The van der Waals surface area contributed by atoms with Gasteiger partial charge in [-0.3, -0.25) is 9.69 Å². The van der Waals surface area contributed by atoms with E-state index in [1.54, 1.807) is 0 Å². The molecule has 2 aliphatic rings. The number of rotatable bonds is 6. The molecule has 2 heterocycles. The van der Waals surface area contributed by atoms with E-state index in [4.69, 9.17) is 12.2 Å². The van der Waals surface area contributed by atoms with Gasteiger partial charge < -0.3 is 15.7 Å². The second-order valence-electron chi connectivity index (χ2n) is 4.51. The second kappa shape index (κ2) is 6.45. The van der Waals surface area contributed by atoms with Crippen LogP contribution in [0.5, 0.6) is 0 Å². The number of carboxylic acid groups (broad SMARTS) is 1. The van der Waals surface area contributed by atoms with Gasteiger partial charge in [0.15, 0.2) is 5.11 Å². The molecule has 0 spiro atoms. The number of carbonyl (C=O) groups excluding carboxylic acids is 1. The number of nitrogens with one attached hydrogen (secondary N) is 2. The number of amides is 1. The van der Waals surface area contributed by atoms with Gasteiger partial charge in [-0.1, -0.05) is 0 Å². The molecule has 1 saturated heterocycles. The molecule has 8 heteroatoms. The smallest absolute Gasteiger partial charge is 0.353 e. The Labute approximate surface area is 127 Å². The standard InChI is InChI=1S/C12H17N3O3S2/c1-2-13-12(19)14-5-3-4-7-10(11(17)18)15-8(16)6-9(15)20-7/h9H,2-6H2,1H3,(H,17,18)(H2,13,14,19)/t9-/m0/s1. The van der Waals surface area contributed by atoms with E-state index in [0.717, 1.165) is 17.9 Å². The number of thioether (sulfide) groups is 1. The first-order valence-corrected chi connectivity index (χ1v) is 7.80. The number of carbonyl (C=O) groups is 2. The van der Waals surface area contributed by atoms with Crippen LogP contribution in [0, 0.1) is 0 Å². The predicted molar refractivity (Wildman–Crippen MR) is 81.0 cm³/mol. The monoisotopic (exact) mass is 315 g/mol. The van der Waals surface area contributed by atoms with Gasteiger partial charge in [0.1, 0.15) is 5.70 Å². The lowest BCUT2D eigenvalue weighted by Gasteiger charge is -2.33. The number of nitrogens with zero attached hydrogens (tertiary/aromatic N) is 1. The molecular weight excluding hydrogens is 298 g/mol. The van der Waals surface area contributed by atoms with Gasteiger partial charge >= 0.3 is 5.97 Å². The lowest BCUT2D eigenvalue weighted by atomic mass is 10.1. The number of thiocarbonyl (C=S) groups is 1. The van der Waals surface area contributed by atoms with Gasteiger partial charge in [0.05, 0.1) is 11.8 Å². The molecule has 0 aromatic carbocycles. The minimum absolute atomic E-state index is 0.000561. The third-order valence-electron chi connectivity index (χ3n) is 3.10. The summed E-state index contributed by atoms with van der Waals surface area (Å²) in [6.07, 6.45) is 1.86. The maximum atomic E-state index is 11.4. The minimum Gasteiger partial charge on any atom is -0.477 e. The Morgan fingerprint density at radius 1 is 1.55 bits per heavy atom. The topological polar surface area (TPSA) is 81.7 Å². The van der Waals surface area contributed by atoms with Gasteiger partial charge in [-0.15, -0.1) is 11.8 Å². The van der Waals surface area contributed by atoms with Crippen molar-refractivity contribution in [2.75, 3.05) is 13.1 Å². The number of β-lactam (4-membered cyclic amide) rings is 1. The molecule has 0 saturated carbocycles. The molecule has 0 bridgehead atoms. The fourth-order valence-corrected chi connectivity index (χ4v) is 3.87. The molecule has 0 aliphatic carbocycles. The van der Waals surface area contributed by atoms with E-state index < -0.39 is 5.97 Å². The van der Waals surface area contributed by atoms with Crippen LogP contribution >= 0.6 is 24.0 Å². The predicted octanol–water partition coefficient (Wildman–Crippen LogP) is 0.852. The van der Waals surface area contributed by atoms with Crippen molar-refractivity contribution in [1.29, 1.82) is 0 Å². The average molecular weight is 315 g/mol. The van der Waals surface area contributed by atoms with Gasteiger partial charge in [-0.05, 0) is 32.0 Å². The van der Waals surface area contributed by atoms with Crippen molar-refractivity contribution >= 4 is 41.0 Å². The molecule has 0 unspecified atom stereocenters. The first-order valence-electron chi connectivity index (χ1n) is 6.51. The third kappa shape index (κ3) is 3.06. The van der Waals surface area contributed by atoms with Gasteiger partial charge in [-0.25, -0.2) is 4.79 Å². The van der Waals surface area contributed by atoms with Crippen LogP contribution < -0.4 is 10.6 Å². The first-order chi connectivity index (χ1) is 9.54. The number of hydrogen-bond acceptors (Lipinski definition) is 4. The molecule has 1 fully saturated rings. The van der Waals surface area contributed by atoms with E-state index in [1.807, 2.05) is 6.92 Å². The van der Waals surface area contributed by atoms with Crippen LogP contribution in [0.2, 0.25) is 0 Å². The van der Waals surface area contributed by atoms with Crippen LogP contribution in [0.15, 0.2) is 10.6 Å². The Morgan fingerprint density at radius 2 is 2.30 bits per heavy atom. The van der Waals surface area contributed by atoms with Crippen LogP contribution in [-0.2, 0) is 9.59 Å². The maximum absolute atomic E-state index is 11.4. The number of allylic oxidation sites excluding steroid dienone is 1. The molecule has 2 rings (SSSR count). The molecule has 6 nitrogen and oxygen atoms in total. The van der Waals surface area contributed by atoms with E-state index in [-0.39, 0.29) is 17.0 Å². The SMILES string of the molecule is CCNC(=S)NCCCC1=C(C(=O)O)N2C(=O)C[C@@H]2S1. The quantitative estimate of drug-likeness (QED) is 0.381. The van der Waals surface area contributed by atoms with Crippen molar-refractivity contribution < 1.29 is 14.7 Å². The summed E-state index contributed by atoms with van der Waals surface area (Å²) < 4.78 is 0. The maximum Gasteiger partial charge on any atom is 0.353 e. The van der Waals surface area contributed by atoms with E-state index in [0.29, 0.717) is 24.5 Å². The van der Waals surface area contributed by atoms with E-state index in [2.05, 4.69) is 10.6 Å². The number of carboxylic acids is 1. The number of hydrogen-bond donors (Lipinski definition) is 3. The molecule has 3 N–H and O–H groups in total. The van der Waals surface area contributed by atoms with Crippen LogP contribution in [0.4, 0.5) is 0 Å². The summed E-state index contributed by atoms with van der Waals surface area (Å²) in [4.78, 5) is 24.9. The van der Waals surface area contributed by atoms with Crippen molar-refractivity contribution in [3.8, 4) is 0 Å². The third-order valence-corrected chi connectivity index (χ3v) is 4.72. The van der Waals surface area contributed by atoms with Crippen LogP contribution in [0.25, 0.3) is 0 Å². The summed E-state index contributed by atoms with van der Waals surface area (Å²) in [5.41, 5.74) is 0.172. The lowest BCUT2D eigenvalue weighted by molar-refractivity contribution is -0.145. The number of fused-ring (bicyclic) bond motifs is 1. The highest BCUT2D eigenvalue weighted by molar-refractivity contribution is 8.04. The fraction of sp³-hybridized carbons (Fsp3) is 0.583. The largest absolute Gasteiger partial charge is 0.477 e. The van der Waals surface area contributed by atoms with Crippen molar-refractivity contribution in [2.24, 2.45) is 0 Å². The summed E-state index contributed by atoms with van der Waals surface area (Å²) in [6, 6.07) is 0. The average Bonchev–Trinajstić information content (AvgIpc) is 2.68. The first kappa shape index (κ1) is 15.1. The Bertz CT molecular complexity index is 479. The van der Waals surface area contributed by atoms with Crippen molar-refractivity contribution in [2.45, 2.75) is 31.6 Å². The zero-order chi connectivity index (χ0) is 14.7. The fourth-order valence-electron chi connectivity index (χ4n) is 2.18. The molecule has 110 valence electrons. The van der Waals surface area contributed by atoms with E-state index in [9.17, 15) is 14.7 Å². The normalized spacial score (nSPS) is 20.6. The van der Waals surface area contributed by atoms with E-state index in [1.165, 1.54) is 16.7 Å². The highest BCUT2D eigenvalue weighted by Crippen LogP contribution is 2.47. The molecule has 0 aromatic rings. The minimum atomic E-state index is -1.01. The zero-order valence-electron chi connectivity index (χ0n) is 11.1. The number of aliphatic carboxylic acids is 1. The molecule has 0 aromatic heterocycles. The molecular formula is C12H17N3O3S2. The summed E-state index contributed by atoms with van der Waals surface area (Å²) in [5.74, 6) is -1.11. The van der Waals surface area contributed by atoms with Gasteiger partial charge in [0.2, 0.25) is 5.91 Å². The van der Waals surface area contributed by atoms with Gasteiger partial charge in [-0.2, -0.15) is 0 Å². The summed E-state index contributed by atoms with van der Waals surface area (Å²) in [6.45, 7) is 3.42. The van der Waals surface area contributed by atoms with Crippen LogP contribution in [0.3, 0.4) is 0 Å². The molecule has 2 aliphatic heterocycles. The van der Waals surface area contributed by atoms with Crippen molar-refractivity contribution in [3.63, 3.8) is 0 Å². The summed E-state index contributed by atoms with van der Waals surface area (Å²) in [7, 11) is 0.